The van der Waals surface area contributed by atoms with E-state index in [1.54, 1.807) is 6.20 Å². The fraction of sp³-hybridized carbons (Fsp3) is 0.214. The van der Waals surface area contributed by atoms with Crippen LogP contribution in [0.15, 0.2) is 41.7 Å². The number of carboxylic acid groups (broad SMARTS) is 1. The van der Waals surface area contributed by atoms with Gasteiger partial charge in [0.2, 0.25) is 0 Å². The summed E-state index contributed by atoms with van der Waals surface area (Å²) < 4.78 is 1.43. The number of aromatic nitrogens is 2. The molecule has 0 spiro atoms. The fourth-order valence-electron chi connectivity index (χ4n) is 2.10. The zero-order valence-electron chi connectivity index (χ0n) is 11.7. The van der Waals surface area contributed by atoms with Gasteiger partial charge in [-0.05, 0) is 5.56 Å². The Morgan fingerprint density at radius 1 is 1.36 bits per heavy atom. The first kappa shape index (κ1) is 14.2. The van der Waals surface area contributed by atoms with Gasteiger partial charge in [0.1, 0.15) is 18.5 Å². The lowest BCUT2D eigenvalue weighted by Gasteiger charge is -2.24. The highest BCUT2D eigenvalue weighted by Crippen LogP contribution is 2.06. The van der Waals surface area contributed by atoms with Gasteiger partial charge in [0.15, 0.2) is 11.8 Å². The van der Waals surface area contributed by atoms with Gasteiger partial charge >= 0.3 is 5.97 Å². The molecule has 1 aliphatic rings. The number of carboxylic acids is 1. The molecule has 2 heterocycles. The SMILES string of the molecule is NC1N=c2c(ncn2CC(=O)O)=CN1OCc1ccccc1. The first-order chi connectivity index (χ1) is 10.6. The maximum atomic E-state index is 10.8. The summed E-state index contributed by atoms with van der Waals surface area (Å²) in [6.45, 7) is 0.142. The minimum atomic E-state index is -0.966. The third-order valence-corrected chi connectivity index (χ3v) is 3.13. The number of fused-ring (bicyclic) bond motifs is 1. The molecule has 2 aromatic rings. The van der Waals surface area contributed by atoms with E-state index in [0.717, 1.165) is 5.56 Å². The van der Waals surface area contributed by atoms with E-state index in [2.05, 4.69) is 9.98 Å². The zero-order valence-corrected chi connectivity index (χ0v) is 11.7. The lowest BCUT2D eigenvalue weighted by atomic mass is 10.2. The second-order valence-electron chi connectivity index (χ2n) is 4.77. The minimum absolute atomic E-state index is 0.211. The summed E-state index contributed by atoms with van der Waals surface area (Å²) in [7, 11) is 0. The van der Waals surface area contributed by atoms with Crippen molar-refractivity contribution in [3.8, 4) is 0 Å². The molecule has 3 N–H and O–H groups in total. The average Bonchev–Trinajstić information content (AvgIpc) is 2.87. The maximum Gasteiger partial charge on any atom is 0.323 e. The number of hydrogen-bond acceptors (Lipinski definition) is 6. The van der Waals surface area contributed by atoms with Gasteiger partial charge in [-0.2, -0.15) is 0 Å². The highest BCUT2D eigenvalue weighted by Gasteiger charge is 2.17. The number of hydrogen-bond donors (Lipinski definition) is 2. The highest BCUT2D eigenvalue weighted by molar-refractivity contribution is 5.66. The largest absolute Gasteiger partial charge is 0.480 e. The molecule has 1 aromatic heterocycles. The van der Waals surface area contributed by atoms with E-state index in [1.165, 1.54) is 16.0 Å². The van der Waals surface area contributed by atoms with Crippen LogP contribution in [0.1, 0.15) is 5.56 Å². The highest BCUT2D eigenvalue weighted by atomic mass is 16.7. The summed E-state index contributed by atoms with van der Waals surface area (Å²) >= 11 is 0. The molecular weight excluding hydrogens is 286 g/mol. The van der Waals surface area contributed by atoms with Gasteiger partial charge in [-0.15, -0.1) is 0 Å². The predicted octanol–water partition coefficient (Wildman–Crippen LogP) is -0.985. The Balaban J connectivity index is 1.78. The molecule has 0 bridgehead atoms. The van der Waals surface area contributed by atoms with Crippen molar-refractivity contribution in [1.82, 2.24) is 14.6 Å². The van der Waals surface area contributed by atoms with Crippen molar-refractivity contribution < 1.29 is 14.7 Å². The van der Waals surface area contributed by atoms with Gasteiger partial charge in [-0.25, -0.2) is 15.0 Å². The molecule has 0 aliphatic carbocycles. The smallest absolute Gasteiger partial charge is 0.323 e. The summed E-state index contributed by atoms with van der Waals surface area (Å²) in [5, 5.41) is 10.8. The molecule has 0 radical (unpaired) electrons. The molecule has 8 heteroatoms. The maximum absolute atomic E-state index is 10.8. The number of imidazole rings is 1. The van der Waals surface area contributed by atoms with Crippen LogP contribution in [-0.4, -0.2) is 32.0 Å². The normalized spacial score (nSPS) is 16.6. The molecule has 1 atom stereocenters. The Labute approximate surface area is 125 Å². The number of benzene rings is 1. The van der Waals surface area contributed by atoms with Crippen LogP contribution in [0.25, 0.3) is 6.20 Å². The van der Waals surface area contributed by atoms with Gasteiger partial charge in [-0.3, -0.25) is 15.4 Å². The molecule has 1 aliphatic heterocycles. The Morgan fingerprint density at radius 2 is 2.14 bits per heavy atom. The summed E-state index contributed by atoms with van der Waals surface area (Å²) in [5.41, 5.74) is 7.38. The van der Waals surface area contributed by atoms with Crippen molar-refractivity contribution in [1.29, 1.82) is 0 Å². The van der Waals surface area contributed by atoms with Crippen molar-refractivity contribution in [2.24, 2.45) is 10.7 Å². The molecule has 3 rings (SSSR count). The van der Waals surface area contributed by atoms with Crippen molar-refractivity contribution in [2.45, 2.75) is 19.4 Å². The van der Waals surface area contributed by atoms with Crippen LogP contribution in [0.4, 0.5) is 0 Å². The monoisotopic (exact) mass is 301 g/mol. The first-order valence-electron chi connectivity index (χ1n) is 6.67. The van der Waals surface area contributed by atoms with Crippen molar-refractivity contribution in [2.75, 3.05) is 0 Å². The lowest BCUT2D eigenvalue weighted by molar-refractivity contribution is -0.143. The second-order valence-corrected chi connectivity index (χ2v) is 4.77. The van der Waals surface area contributed by atoms with Crippen LogP contribution in [0.3, 0.4) is 0 Å². The van der Waals surface area contributed by atoms with E-state index in [9.17, 15) is 4.79 Å². The van der Waals surface area contributed by atoms with Crippen LogP contribution >= 0.6 is 0 Å². The topological polar surface area (TPSA) is 106 Å². The molecule has 0 fully saturated rings. The van der Waals surface area contributed by atoms with E-state index in [0.29, 0.717) is 17.4 Å². The molecule has 8 nitrogen and oxygen atoms in total. The van der Waals surface area contributed by atoms with Crippen LogP contribution in [0.5, 0.6) is 0 Å². The molecule has 114 valence electrons. The van der Waals surface area contributed by atoms with E-state index in [4.69, 9.17) is 15.7 Å². The summed E-state index contributed by atoms with van der Waals surface area (Å²) in [6.07, 6.45) is 2.29. The number of hydroxylamine groups is 2. The quantitative estimate of drug-likeness (QED) is 0.735. The first-order valence-corrected chi connectivity index (χ1v) is 6.67. The average molecular weight is 301 g/mol. The van der Waals surface area contributed by atoms with Gasteiger partial charge in [-0.1, -0.05) is 30.3 Å². The molecule has 1 unspecified atom stereocenters. The Hall–Kier alpha value is -2.71. The number of nitrogens with two attached hydrogens (primary N) is 1. The van der Waals surface area contributed by atoms with Crippen LogP contribution < -0.4 is 16.6 Å². The number of rotatable bonds is 5. The zero-order chi connectivity index (χ0) is 15.5. The Morgan fingerprint density at radius 3 is 2.86 bits per heavy atom. The molecule has 0 saturated carbocycles. The third-order valence-electron chi connectivity index (χ3n) is 3.13. The van der Waals surface area contributed by atoms with Crippen molar-refractivity contribution in [3.63, 3.8) is 0 Å². The van der Waals surface area contributed by atoms with Crippen LogP contribution in [0, 0.1) is 0 Å². The summed E-state index contributed by atoms with van der Waals surface area (Å²) in [5.74, 6) is -0.966. The Bertz CT molecular complexity index is 787. The van der Waals surface area contributed by atoms with Gasteiger partial charge in [0.25, 0.3) is 0 Å². The number of carbonyl (C=O) groups is 1. The van der Waals surface area contributed by atoms with Gasteiger partial charge in [0.05, 0.1) is 12.5 Å². The molecular formula is C14H15N5O3. The van der Waals surface area contributed by atoms with Gasteiger partial charge in [0, 0.05) is 0 Å². The summed E-state index contributed by atoms with van der Waals surface area (Å²) in [4.78, 5) is 24.8. The number of nitrogens with zero attached hydrogens (tertiary/aromatic N) is 4. The van der Waals surface area contributed by atoms with Gasteiger partial charge < -0.3 is 9.67 Å². The summed E-state index contributed by atoms with van der Waals surface area (Å²) in [6, 6.07) is 9.67. The second kappa shape index (κ2) is 5.96. The fourth-order valence-corrected chi connectivity index (χ4v) is 2.10. The standard InChI is InChI=1S/C14H15N5O3/c15-14-17-13-11(16-9-18(13)7-12(20)21)6-19(14)22-8-10-4-2-1-3-5-10/h1-6,9,14H,7-8,15H2,(H,20,21). The van der Waals surface area contributed by atoms with Crippen molar-refractivity contribution in [3.05, 3.63) is 53.1 Å². The molecule has 22 heavy (non-hydrogen) atoms. The van der Waals surface area contributed by atoms with E-state index in [-0.39, 0.29) is 6.54 Å². The number of aliphatic carboxylic acids is 1. The van der Waals surface area contributed by atoms with E-state index in [1.807, 2.05) is 30.3 Å². The third kappa shape index (κ3) is 2.97. The minimum Gasteiger partial charge on any atom is -0.480 e. The molecule has 0 amide bonds. The van der Waals surface area contributed by atoms with Crippen LogP contribution in [-0.2, 0) is 22.8 Å². The lowest BCUT2D eigenvalue weighted by Crippen LogP contribution is -2.48. The van der Waals surface area contributed by atoms with Crippen LogP contribution in [0.2, 0.25) is 0 Å². The Kier molecular flexibility index (Phi) is 3.86. The van der Waals surface area contributed by atoms with E-state index >= 15 is 0 Å². The molecule has 1 aromatic carbocycles. The molecule has 0 saturated heterocycles. The van der Waals surface area contributed by atoms with E-state index < -0.39 is 12.3 Å². The predicted molar refractivity (Wildman–Crippen MR) is 76.2 cm³/mol. The van der Waals surface area contributed by atoms with Crippen molar-refractivity contribution >= 4 is 12.2 Å².